The van der Waals surface area contributed by atoms with Crippen LogP contribution in [0.5, 0.6) is 0 Å². The number of aryl methyl sites for hydroxylation is 1. The number of pyridine rings is 1. The number of nitrogens with zero attached hydrogens (tertiary/aromatic N) is 2. The first-order valence-electron chi connectivity index (χ1n) is 7.66. The Labute approximate surface area is 142 Å². The van der Waals surface area contributed by atoms with E-state index in [0.29, 0.717) is 17.3 Å². The first kappa shape index (κ1) is 17.4. The van der Waals surface area contributed by atoms with Crippen molar-refractivity contribution in [2.75, 3.05) is 20.6 Å². The van der Waals surface area contributed by atoms with Crippen molar-refractivity contribution in [2.45, 2.75) is 19.4 Å². The molecule has 2 aromatic rings. The van der Waals surface area contributed by atoms with Crippen LogP contribution in [0.15, 0.2) is 42.6 Å². The molecule has 0 bridgehead atoms. The van der Waals surface area contributed by atoms with Gasteiger partial charge in [-0.2, -0.15) is 0 Å². The number of nitrogens with one attached hydrogen (secondary N) is 1. The maximum atomic E-state index is 12.2. The molecule has 1 aromatic carbocycles. The van der Waals surface area contributed by atoms with Gasteiger partial charge in [-0.05, 0) is 43.8 Å². The van der Waals surface area contributed by atoms with E-state index in [2.05, 4.69) is 46.4 Å². The molecule has 122 valence electrons. The monoisotopic (exact) mass is 331 g/mol. The molecule has 1 amide bonds. The fourth-order valence-corrected chi connectivity index (χ4v) is 2.58. The number of amides is 1. The maximum Gasteiger partial charge on any atom is 0.251 e. The molecule has 0 radical (unpaired) electrons. The number of halogens is 1. The molecular weight excluding hydrogens is 310 g/mol. The van der Waals surface area contributed by atoms with E-state index in [-0.39, 0.29) is 11.9 Å². The van der Waals surface area contributed by atoms with Crippen molar-refractivity contribution in [2.24, 2.45) is 0 Å². The molecule has 5 heteroatoms. The van der Waals surface area contributed by atoms with Crippen molar-refractivity contribution in [1.29, 1.82) is 0 Å². The highest BCUT2D eigenvalue weighted by Crippen LogP contribution is 2.18. The van der Waals surface area contributed by atoms with Crippen LogP contribution >= 0.6 is 11.6 Å². The summed E-state index contributed by atoms with van der Waals surface area (Å²) >= 11 is 5.83. The third-order valence-electron chi connectivity index (χ3n) is 3.84. The van der Waals surface area contributed by atoms with Gasteiger partial charge in [0.15, 0.2) is 0 Å². The van der Waals surface area contributed by atoms with Crippen LogP contribution in [0.25, 0.3) is 0 Å². The van der Waals surface area contributed by atoms with Gasteiger partial charge in [-0.3, -0.25) is 4.79 Å². The summed E-state index contributed by atoms with van der Waals surface area (Å²) in [4.78, 5) is 18.2. The molecule has 0 aliphatic heterocycles. The molecule has 1 unspecified atom stereocenters. The highest BCUT2D eigenvalue weighted by Gasteiger charge is 2.16. The minimum Gasteiger partial charge on any atom is -0.350 e. The number of benzene rings is 1. The summed E-state index contributed by atoms with van der Waals surface area (Å²) in [6.07, 6.45) is 2.55. The van der Waals surface area contributed by atoms with Crippen LogP contribution in [0, 0.1) is 0 Å². The second-order valence-corrected chi connectivity index (χ2v) is 6.04. The Balaban J connectivity index is 2.06. The Hall–Kier alpha value is -1.91. The molecule has 1 aromatic heterocycles. The van der Waals surface area contributed by atoms with Crippen LogP contribution in [-0.4, -0.2) is 36.4 Å². The largest absolute Gasteiger partial charge is 0.350 e. The van der Waals surface area contributed by atoms with Gasteiger partial charge in [-0.25, -0.2) is 4.98 Å². The van der Waals surface area contributed by atoms with Crippen molar-refractivity contribution in [3.8, 4) is 0 Å². The van der Waals surface area contributed by atoms with Crippen molar-refractivity contribution in [3.63, 3.8) is 0 Å². The average Bonchev–Trinajstić information content (AvgIpc) is 2.55. The zero-order valence-electron chi connectivity index (χ0n) is 13.7. The third kappa shape index (κ3) is 4.78. The SMILES string of the molecule is CCc1ccc(C(CNC(=O)c2ccnc(Cl)c2)N(C)C)cc1. The molecule has 0 aliphatic rings. The predicted octanol–water partition coefficient (Wildman–Crippen LogP) is 3.33. The van der Waals surface area contributed by atoms with Gasteiger partial charge in [-0.1, -0.05) is 42.8 Å². The normalized spacial score (nSPS) is 12.2. The highest BCUT2D eigenvalue weighted by molar-refractivity contribution is 6.29. The molecule has 0 spiro atoms. The molecule has 1 atom stereocenters. The topological polar surface area (TPSA) is 45.2 Å². The summed E-state index contributed by atoms with van der Waals surface area (Å²) < 4.78 is 0. The number of carbonyl (C=O) groups is 1. The van der Waals surface area contributed by atoms with E-state index in [9.17, 15) is 4.79 Å². The fraction of sp³-hybridized carbons (Fsp3) is 0.333. The second kappa shape index (κ2) is 8.09. The molecular formula is C18H22ClN3O. The molecule has 0 saturated heterocycles. The minimum atomic E-state index is -0.147. The Morgan fingerprint density at radius 1 is 1.26 bits per heavy atom. The van der Waals surface area contributed by atoms with Gasteiger partial charge < -0.3 is 10.2 Å². The van der Waals surface area contributed by atoms with Gasteiger partial charge >= 0.3 is 0 Å². The van der Waals surface area contributed by atoms with Crippen LogP contribution in [-0.2, 0) is 6.42 Å². The number of aromatic nitrogens is 1. The lowest BCUT2D eigenvalue weighted by atomic mass is 10.0. The van der Waals surface area contributed by atoms with E-state index in [4.69, 9.17) is 11.6 Å². The number of hydrogen-bond donors (Lipinski definition) is 1. The Morgan fingerprint density at radius 3 is 2.52 bits per heavy atom. The summed E-state index contributed by atoms with van der Waals surface area (Å²) in [6, 6.07) is 11.9. The van der Waals surface area contributed by atoms with Crippen LogP contribution < -0.4 is 5.32 Å². The van der Waals surface area contributed by atoms with E-state index in [1.165, 1.54) is 17.3 Å². The van der Waals surface area contributed by atoms with Crippen molar-refractivity contribution >= 4 is 17.5 Å². The fourth-order valence-electron chi connectivity index (χ4n) is 2.41. The number of carbonyl (C=O) groups excluding carboxylic acids is 1. The van der Waals surface area contributed by atoms with Crippen molar-refractivity contribution < 1.29 is 4.79 Å². The smallest absolute Gasteiger partial charge is 0.251 e. The number of hydrogen-bond acceptors (Lipinski definition) is 3. The highest BCUT2D eigenvalue weighted by atomic mass is 35.5. The lowest BCUT2D eigenvalue weighted by Gasteiger charge is -2.25. The van der Waals surface area contributed by atoms with Gasteiger partial charge in [0.2, 0.25) is 0 Å². The van der Waals surface area contributed by atoms with E-state index < -0.39 is 0 Å². The van der Waals surface area contributed by atoms with Crippen LogP contribution in [0.4, 0.5) is 0 Å². The Kier molecular flexibility index (Phi) is 6.13. The van der Waals surface area contributed by atoms with Gasteiger partial charge in [0.25, 0.3) is 5.91 Å². The molecule has 1 N–H and O–H groups in total. The molecule has 0 saturated carbocycles. The summed E-state index contributed by atoms with van der Waals surface area (Å²) in [5.74, 6) is -0.147. The summed E-state index contributed by atoms with van der Waals surface area (Å²) in [5.41, 5.74) is 3.01. The summed E-state index contributed by atoms with van der Waals surface area (Å²) in [5, 5.41) is 3.28. The molecule has 0 fully saturated rings. The molecule has 0 aliphatic carbocycles. The first-order valence-corrected chi connectivity index (χ1v) is 8.04. The van der Waals surface area contributed by atoms with Crippen LogP contribution in [0.3, 0.4) is 0 Å². The molecule has 2 rings (SSSR count). The second-order valence-electron chi connectivity index (χ2n) is 5.65. The van der Waals surface area contributed by atoms with E-state index in [1.54, 1.807) is 12.1 Å². The standard InChI is InChI=1S/C18H22ClN3O/c1-4-13-5-7-14(8-6-13)16(22(2)3)12-21-18(23)15-9-10-20-17(19)11-15/h5-11,16H,4,12H2,1-3H3,(H,21,23). The van der Waals surface area contributed by atoms with E-state index in [0.717, 1.165) is 6.42 Å². The zero-order chi connectivity index (χ0) is 16.8. The van der Waals surface area contributed by atoms with Gasteiger partial charge in [-0.15, -0.1) is 0 Å². The van der Waals surface area contributed by atoms with E-state index >= 15 is 0 Å². The number of rotatable bonds is 6. The quantitative estimate of drug-likeness (QED) is 0.826. The third-order valence-corrected chi connectivity index (χ3v) is 4.05. The van der Waals surface area contributed by atoms with Crippen LogP contribution in [0.1, 0.15) is 34.5 Å². The molecule has 23 heavy (non-hydrogen) atoms. The lowest BCUT2D eigenvalue weighted by Crippen LogP contribution is -2.34. The molecule has 1 heterocycles. The Bertz CT molecular complexity index is 656. The van der Waals surface area contributed by atoms with Crippen molar-refractivity contribution in [3.05, 3.63) is 64.4 Å². The predicted molar refractivity (Wildman–Crippen MR) is 93.8 cm³/mol. The van der Waals surface area contributed by atoms with Gasteiger partial charge in [0.1, 0.15) is 5.15 Å². The van der Waals surface area contributed by atoms with E-state index in [1.807, 2.05) is 14.1 Å². The van der Waals surface area contributed by atoms with Gasteiger partial charge in [0, 0.05) is 18.3 Å². The summed E-state index contributed by atoms with van der Waals surface area (Å²) in [6.45, 7) is 2.66. The van der Waals surface area contributed by atoms with Crippen molar-refractivity contribution in [1.82, 2.24) is 15.2 Å². The average molecular weight is 332 g/mol. The van der Waals surface area contributed by atoms with Gasteiger partial charge in [0.05, 0.1) is 6.04 Å². The Morgan fingerprint density at radius 2 is 1.96 bits per heavy atom. The van der Waals surface area contributed by atoms with Crippen LogP contribution in [0.2, 0.25) is 5.15 Å². The maximum absolute atomic E-state index is 12.2. The lowest BCUT2D eigenvalue weighted by molar-refractivity contribution is 0.0942. The number of likely N-dealkylation sites (N-methyl/N-ethyl adjacent to an activating group) is 1. The summed E-state index contributed by atoms with van der Waals surface area (Å²) in [7, 11) is 4.02. The molecule has 4 nitrogen and oxygen atoms in total. The zero-order valence-corrected chi connectivity index (χ0v) is 14.5. The minimum absolute atomic E-state index is 0.113. The first-order chi connectivity index (χ1) is 11.0.